The molecular weight excluding hydrogens is 216 g/mol. The van der Waals surface area contributed by atoms with Gasteiger partial charge in [-0.1, -0.05) is 29.8 Å². The molecular formula is C13H16N2S. The maximum Gasteiger partial charge on any atom is 0.0943 e. The maximum atomic E-state index is 4.33. The van der Waals surface area contributed by atoms with E-state index in [1.807, 2.05) is 18.6 Å². The number of benzene rings is 1. The Kier molecular flexibility index (Phi) is 3.70. The van der Waals surface area contributed by atoms with Crippen molar-refractivity contribution in [1.82, 2.24) is 10.3 Å². The predicted molar refractivity (Wildman–Crippen MR) is 68.8 cm³/mol. The average molecular weight is 232 g/mol. The molecule has 0 aliphatic heterocycles. The van der Waals surface area contributed by atoms with Gasteiger partial charge in [-0.2, -0.15) is 0 Å². The summed E-state index contributed by atoms with van der Waals surface area (Å²) in [5, 5.41) is 6.56. The lowest BCUT2D eigenvalue weighted by molar-refractivity contribution is 0.590. The number of hydrogen-bond acceptors (Lipinski definition) is 3. The zero-order valence-electron chi connectivity index (χ0n) is 9.60. The van der Waals surface area contributed by atoms with Crippen LogP contribution in [0.5, 0.6) is 0 Å². The molecule has 0 aliphatic rings. The van der Waals surface area contributed by atoms with Crippen LogP contribution in [0.3, 0.4) is 0 Å². The molecule has 16 heavy (non-hydrogen) atoms. The van der Waals surface area contributed by atoms with Gasteiger partial charge in [-0.15, -0.1) is 11.3 Å². The van der Waals surface area contributed by atoms with E-state index < -0.39 is 0 Å². The minimum absolute atomic E-state index is 0.353. The smallest absolute Gasteiger partial charge is 0.0943 e. The second-order valence-corrected chi connectivity index (χ2v) is 4.86. The largest absolute Gasteiger partial charge is 0.313 e. The molecule has 0 aliphatic carbocycles. The van der Waals surface area contributed by atoms with Crippen molar-refractivity contribution in [3.63, 3.8) is 0 Å². The second-order valence-electron chi connectivity index (χ2n) is 3.89. The first kappa shape index (κ1) is 11.3. The van der Waals surface area contributed by atoms with Gasteiger partial charge in [0.2, 0.25) is 0 Å². The Morgan fingerprint density at radius 2 is 2.31 bits per heavy atom. The lowest BCUT2D eigenvalue weighted by Gasteiger charge is -2.15. The van der Waals surface area contributed by atoms with Gasteiger partial charge < -0.3 is 5.32 Å². The molecule has 1 N–H and O–H groups in total. The molecule has 1 unspecified atom stereocenters. The van der Waals surface area contributed by atoms with Crippen LogP contribution in [0.4, 0.5) is 0 Å². The summed E-state index contributed by atoms with van der Waals surface area (Å²) in [6.07, 6.45) is 2.82. The lowest BCUT2D eigenvalue weighted by atomic mass is 10.0. The molecule has 0 saturated carbocycles. The molecule has 1 aromatic carbocycles. The topological polar surface area (TPSA) is 24.9 Å². The van der Waals surface area contributed by atoms with Crippen LogP contribution in [-0.2, 0) is 6.42 Å². The Morgan fingerprint density at radius 3 is 2.94 bits per heavy atom. The average Bonchev–Trinajstić information content (AvgIpc) is 2.78. The Labute approximate surface area is 100 Å². The summed E-state index contributed by atoms with van der Waals surface area (Å²) in [6.45, 7) is 2.12. The Bertz CT molecular complexity index is 437. The van der Waals surface area contributed by atoms with E-state index in [0.717, 1.165) is 6.42 Å². The van der Waals surface area contributed by atoms with Gasteiger partial charge in [-0.25, -0.2) is 4.98 Å². The summed E-state index contributed by atoms with van der Waals surface area (Å²) in [5.74, 6) is 0. The van der Waals surface area contributed by atoms with Crippen molar-refractivity contribution in [2.45, 2.75) is 19.4 Å². The molecule has 2 nitrogen and oxygen atoms in total. The number of aryl methyl sites for hydroxylation is 1. The first-order valence-electron chi connectivity index (χ1n) is 5.42. The van der Waals surface area contributed by atoms with E-state index in [9.17, 15) is 0 Å². The van der Waals surface area contributed by atoms with Gasteiger partial charge in [0.25, 0.3) is 0 Å². The van der Waals surface area contributed by atoms with Crippen LogP contribution in [0.15, 0.2) is 35.8 Å². The number of hydrogen-bond donors (Lipinski definition) is 1. The van der Waals surface area contributed by atoms with Gasteiger partial charge in [0.05, 0.1) is 5.01 Å². The molecule has 1 heterocycles. The standard InChI is InChI=1S/C13H16N2S/c1-10-4-3-5-11(8-10)12(14-2)9-13-15-6-7-16-13/h3-8,12,14H,9H2,1-2H3. The van der Waals surface area contributed by atoms with E-state index in [1.54, 1.807) is 11.3 Å². The number of likely N-dealkylation sites (N-methyl/N-ethyl adjacent to an activating group) is 1. The van der Waals surface area contributed by atoms with Gasteiger partial charge >= 0.3 is 0 Å². The van der Waals surface area contributed by atoms with Gasteiger partial charge in [0.15, 0.2) is 0 Å². The van der Waals surface area contributed by atoms with Gasteiger partial charge in [-0.3, -0.25) is 0 Å². The fourth-order valence-electron chi connectivity index (χ4n) is 1.80. The van der Waals surface area contributed by atoms with Gasteiger partial charge in [-0.05, 0) is 19.5 Å². The first-order valence-corrected chi connectivity index (χ1v) is 6.30. The van der Waals surface area contributed by atoms with E-state index in [0.29, 0.717) is 6.04 Å². The summed E-state index contributed by atoms with van der Waals surface area (Å²) in [7, 11) is 2.00. The molecule has 0 bridgehead atoms. The molecule has 84 valence electrons. The molecule has 2 rings (SSSR count). The highest BCUT2D eigenvalue weighted by atomic mass is 32.1. The minimum atomic E-state index is 0.353. The number of rotatable bonds is 4. The first-order chi connectivity index (χ1) is 7.79. The Morgan fingerprint density at radius 1 is 1.44 bits per heavy atom. The van der Waals surface area contributed by atoms with Crippen molar-refractivity contribution < 1.29 is 0 Å². The highest BCUT2D eigenvalue weighted by Gasteiger charge is 2.11. The minimum Gasteiger partial charge on any atom is -0.313 e. The molecule has 0 amide bonds. The van der Waals surface area contributed by atoms with E-state index in [4.69, 9.17) is 0 Å². The maximum absolute atomic E-state index is 4.33. The quantitative estimate of drug-likeness (QED) is 0.876. The van der Waals surface area contributed by atoms with E-state index in [-0.39, 0.29) is 0 Å². The number of thiazole rings is 1. The van der Waals surface area contributed by atoms with Crippen LogP contribution in [0.25, 0.3) is 0 Å². The highest BCUT2D eigenvalue weighted by Crippen LogP contribution is 2.20. The van der Waals surface area contributed by atoms with Crippen LogP contribution < -0.4 is 5.32 Å². The van der Waals surface area contributed by atoms with Crippen molar-refractivity contribution in [2.75, 3.05) is 7.05 Å². The zero-order chi connectivity index (χ0) is 11.4. The third-order valence-electron chi connectivity index (χ3n) is 2.66. The Hall–Kier alpha value is -1.19. The monoisotopic (exact) mass is 232 g/mol. The van der Waals surface area contributed by atoms with Crippen LogP contribution >= 0.6 is 11.3 Å². The molecule has 0 radical (unpaired) electrons. The van der Waals surface area contributed by atoms with Crippen molar-refractivity contribution in [1.29, 1.82) is 0 Å². The Balaban J connectivity index is 2.16. The highest BCUT2D eigenvalue weighted by molar-refractivity contribution is 7.09. The van der Waals surface area contributed by atoms with Crippen molar-refractivity contribution in [3.05, 3.63) is 52.0 Å². The molecule has 1 aromatic heterocycles. The van der Waals surface area contributed by atoms with Crippen LogP contribution in [0.2, 0.25) is 0 Å². The fraction of sp³-hybridized carbons (Fsp3) is 0.308. The molecule has 1 atom stereocenters. The van der Waals surface area contributed by atoms with Crippen LogP contribution in [0.1, 0.15) is 22.2 Å². The van der Waals surface area contributed by atoms with Crippen molar-refractivity contribution >= 4 is 11.3 Å². The third kappa shape index (κ3) is 2.68. The van der Waals surface area contributed by atoms with Crippen molar-refractivity contribution in [2.24, 2.45) is 0 Å². The zero-order valence-corrected chi connectivity index (χ0v) is 10.4. The van der Waals surface area contributed by atoms with Gasteiger partial charge in [0, 0.05) is 24.0 Å². The second kappa shape index (κ2) is 5.23. The molecule has 0 saturated heterocycles. The number of nitrogens with zero attached hydrogens (tertiary/aromatic N) is 1. The molecule has 0 spiro atoms. The summed E-state index contributed by atoms with van der Waals surface area (Å²) in [6, 6.07) is 8.98. The number of nitrogens with one attached hydrogen (secondary N) is 1. The normalized spacial score (nSPS) is 12.6. The van der Waals surface area contributed by atoms with Crippen LogP contribution in [0, 0.1) is 6.92 Å². The summed E-state index contributed by atoms with van der Waals surface area (Å²) in [5.41, 5.74) is 2.63. The summed E-state index contributed by atoms with van der Waals surface area (Å²) < 4.78 is 0. The van der Waals surface area contributed by atoms with Crippen LogP contribution in [-0.4, -0.2) is 12.0 Å². The van der Waals surface area contributed by atoms with E-state index >= 15 is 0 Å². The predicted octanol–water partition coefficient (Wildman–Crippen LogP) is 2.95. The number of aromatic nitrogens is 1. The van der Waals surface area contributed by atoms with Crippen molar-refractivity contribution in [3.8, 4) is 0 Å². The van der Waals surface area contributed by atoms with Gasteiger partial charge in [0.1, 0.15) is 0 Å². The third-order valence-corrected chi connectivity index (χ3v) is 3.46. The molecule has 2 aromatic rings. The lowest BCUT2D eigenvalue weighted by Crippen LogP contribution is -2.18. The van der Waals surface area contributed by atoms with E-state index in [2.05, 4.69) is 41.5 Å². The molecule has 3 heteroatoms. The molecule has 0 fully saturated rings. The fourth-order valence-corrected chi connectivity index (χ4v) is 2.47. The summed E-state index contributed by atoms with van der Waals surface area (Å²) in [4.78, 5) is 4.33. The SMILES string of the molecule is CNC(Cc1nccs1)c1cccc(C)c1. The van der Waals surface area contributed by atoms with E-state index in [1.165, 1.54) is 16.1 Å². The summed E-state index contributed by atoms with van der Waals surface area (Å²) >= 11 is 1.71.